The van der Waals surface area contributed by atoms with E-state index in [1.165, 1.54) is 15.7 Å². The third-order valence-electron chi connectivity index (χ3n) is 5.38. The van der Waals surface area contributed by atoms with Crippen LogP contribution in [0, 0.1) is 5.41 Å². The fourth-order valence-electron chi connectivity index (χ4n) is 4.08. The fourth-order valence-corrected chi connectivity index (χ4v) is 4.43. The summed E-state index contributed by atoms with van der Waals surface area (Å²) in [5.74, 6) is 0. The van der Waals surface area contributed by atoms with Crippen LogP contribution in [0.4, 0.5) is 4.79 Å². The summed E-state index contributed by atoms with van der Waals surface area (Å²) in [6, 6.07) is 0. The molecule has 2 aliphatic rings. The highest BCUT2D eigenvalue weighted by Gasteiger charge is 2.55. The summed E-state index contributed by atoms with van der Waals surface area (Å²) in [5.41, 5.74) is -1.82. The van der Waals surface area contributed by atoms with Crippen LogP contribution in [-0.2, 0) is 6.54 Å². The van der Waals surface area contributed by atoms with Gasteiger partial charge in [0.2, 0.25) is 0 Å². The minimum Gasteiger partial charge on any atom is -0.465 e. The Bertz CT molecular complexity index is 671. The van der Waals surface area contributed by atoms with Crippen LogP contribution in [0.2, 0.25) is 0 Å². The number of piperidine rings is 1. The fraction of sp³-hybridized carbons (Fsp3) is 0.667. The summed E-state index contributed by atoms with van der Waals surface area (Å²) < 4.78 is 2.00. The highest BCUT2D eigenvalue weighted by molar-refractivity contribution is 9.10. The molecule has 1 saturated carbocycles. The summed E-state index contributed by atoms with van der Waals surface area (Å²) in [6.45, 7) is 0.787. The van der Waals surface area contributed by atoms with Crippen LogP contribution in [0.1, 0.15) is 32.1 Å². The largest absolute Gasteiger partial charge is 0.465 e. The zero-order chi connectivity index (χ0) is 16.7. The van der Waals surface area contributed by atoms with Gasteiger partial charge in [0.15, 0.2) is 0 Å². The zero-order valence-corrected chi connectivity index (χ0v) is 14.3. The van der Waals surface area contributed by atoms with Crippen LogP contribution in [0.3, 0.4) is 0 Å². The normalized spacial score (nSPS) is 26.6. The first-order chi connectivity index (χ1) is 10.9. The first kappa shape index (κ1) is 16.4. The van der Waals surface area contributed by atoms with E-state index in [1.54, 1.807) is 6.20 Å². The molecular weight excluding hydrogens is 366 g/mol. The van der Waals surface area contributed by atoms with E-state index >= 15 is 0 Å². The third-order valence-corrected chi connectivity index (χ3v) is 5.79. The Balaban J connectivity index is 1.93. The van der Waals surface area contributed by atoms with E-state index in [1.807, 2.05) is 0 Å². The third kappa shape index (κ3) is 2.89. The van der Waals surface area contributed by atoms with Gasteiger partial charge < -0.3 is 19.7 Å². The number of halogens is 1. The van der Waals surface area contributed by atoms with Crippen LogP contribution in [0.5, 0.6) is 0 Å². The van der Waals surface area contributed by atoms with E-state index in [4.69, 9.17) is 0 Å². The minimum atomic E-state index is -1.08. The van der Waals surface area contributed by atoms with Crippen molar-refractivity contribution in [2.24, 2.45) is 5.41 Å². The smallest absolute Gasteiger partial charge is 0.407 e. The Labute approximate surface area is 142 Å². The van der Waals surface area contributed by atoms with Gasteiger partial charge in [0, 0.05) is 24.7 Å². The van der Waals surface area contributed by atoms with Gasteiger partial charge in [0.25, 0.3) is 5.56 Å². The van der Waals surface area contributed by atoms with Gasteiger partial charge in [-0.3, -0.25) is 4.79 Å². The Morgan fingerprint density at radius 3 is 2.70 bits per heavy atom. The quantitative estimate of drug-likeness (QED) is 0.807. The van der Waals surface area contributed by atoms with Gasteiger partial charge in [-0.2, -0.15) is 0 Å². The number of aromatic nitrogens is 2. The van der Waals surface area contributed by atoms with E-state index in [0.29, 0.717) is 17.6 Å². The summed E-state index contributed by atoms with van der Waals surface area (Å²) in [6.07, 6.45) is 5.72. The number of hydrogen-bond donors (Lipinski definition) is 2. The lowest BCUT2D eigenvalue weighted by molar-refractivity contribution is -0.137. The number of carboxylic acid groups (broad SMARTS) is 1. The molecule has 1 aromatic heterocycles. The average molecular weight is 386 g/mol. The molecule has 1 aliphatic heterocycles. The number of rotatable bonds is 2. The lowest BCUT2D eigenvalue weighted by Crippen LogP contribution is -2.62. The highest BCUT2D eigenvalue weighted by atomic mass is 79.9. The second-order valence-corrected chi connectivity index (χ2v) is 7.46. The van der Waals surface area contributed by atoms with Gasteiger partial charge in [-0.25, -0.2) is 9.78 Å². The van der Waals surface area contributed by atoms with Crippen molar-refractivity contribution in [3.8, 4) is 0 Å². The summed E-state index contributed by atoms with van der Waals surface area (Å²) >= 11 is 3.24. The molecule has 2 N–H and O–H groups in total. The number of likely N-dealkylation sites (tertiary alicyclic amines) is 1. The van der Waals surface area contributed by atoms with Gasteiger partial charge >= 0.3 is 6.09 Å². The first-order valence-electron chi connectivity index (χ1n) is 7.78. The topological polar surface area (TPSA) is 95.7 Å². The predicted octanol–water partition coefficient (Wildman–Crippen LogP) is 1.68. The van der Waals surface area contributed by atoms with Gasteiger partial charge in [-0.15, -0.1) is 0 Å². The lowest BCUT2D eigenvalue weighted by Gasteiger charge is -2.51. The molecule has 8 heteroatoms. The molecule has 1 spiro atoms. The molecule has 1 amide bonds. The number of carbonyl (C=O) groups is 1. The second-order valence-electron chi connectivity index (χ2n) is 6.65. The SMILES string of the molecule is O=C(O)N1CCC(O)(Cn2cc(Br)ncc2=O)C2(CCCC2)C1. The Morgan fingerprint density at radius 2 is 2.04 bits per heavy atom. The van der Waals surface area contributed by atoms with Crippen LogP contribution in [0.25, 0.3) is 0 Å². The Kier molecular flexibility index (Phi) is 4.22. The number of nitrogens with zero attached hydrogens (tertiary/aromatic N) is 3. The van der Waals surface area contributed by atoms with E-state index in [0.717, 1.165) is 25.7 Å². The molecule has 1 aliphatic carbocycles. The number of amides is 1. The van der Waals surface area contributed by atoms with Crippen LogP contribution >= 0.6 is 15.9 Å². The van der Waals surface area contributed by atoms with Crippen molar-refractivity contribution in [2.75, 3.05) is 13.1 Å². The first-order valence-corrected chi connectivity index (χ1v) is 8.57. The standard InChI is InChI=1S/C15H20BrN3O4/c16-11-8-19(12(20)7-17-11)10-15(23)5-6-18(13(21)22)9-14(15)3-1-2-4-14/h7-8,23H,1-6,9-10H2,(H,21,22). The van der Waals surface area contributed by atoms with Crippen molar-refractivity contribution >= 4 is 22.0 Å². The number of hydrogen-bond acceptors (Lipinski definition) is 4. The number of aliphatic hydroxyl groups is 1. The van der Waals surface area contributed by atoms with Gasteiger partial charge in [0.1, 0.15) is 4.60 Å². The molecule has 1 aromatic rings. The molecule has 1 atom stereocenters. The molecule has 2 heterocycles. The van der Waals surface area contributed by atoms with Crippen molar-refractivity contribution < 1.29 is 15.0 Å². The monoisotopic (exact) mass is 385 g/mol. The molecule has 7 nitrogen and oxygen atoms in total. The Morgan fingerprint density at radius 1 is 1.35 bits per heavy atom. The molecule has 0 aromatic carbocycles. The van der Waals surface area contributed by atoms with E-state index < -0.39 is 17.1 Å². The molecule has 126 valence electrons. The predicted molar refractivity (Wildman–Crippen MR) is 86.3 cm³/mol. The molecule has 1 unspecified atom stereocenters. The molecular formula is C15H20BrN3O4. The van der Waals surface area contributed by atoms with Crippen molar-refractivity contribution in [3.05, 3.63) is 27.4 Å². The van der Waals surface area contributed by atoms with Crippen molar-refractivity contribution in [3.63, 3.8) is 0 Å². The molecule has 1 saturated heterocycles. The summed E-state index contributed by atoms with van der Waals surface area (Å²) in [7, 11) is 0. The summed E-state index contributed by atoms with van der Waals surface area (Å²) in [5, 5.41) is 20.7. The maximum Gasteiger partial charge on any atom is 0.407 e. The molecule has 0 radical (unpaired) electrons. The van der Waals surface area contributed by atoms with Crippen LogP contribution < -0.4 is 5.56 Å². The lowest BCUT2D eigenvalue weighted by atomic mass is 9.66. The van der Waals surface area contributed by atoms with Crippen LogP contribution in [0.15, 0.2) is 21.8 Å². The van der Waals surface area contributed by atoms with Gasteiger partial charge in [0.05, 0.1) is 18.3 Å². The molecule has 2 fully saturated rings. The van der Waals surface area contributed by atoms with Gasteiger partial charge in [-0.05, 0) is 35.2 Å². The zero-order valence-electron chi connectivity index (χ0n) is 12.7. The minimum absolute atomic E-state index is 0.167. The van der Waals surface area contributed by atoms with E-state index in [9.17, 15) is 19.8 Å². The summed E-state index contributed by atoms with van der Waals surface area (Å²) in [4.78, 5) is 28.7. The molecule has 23 heavy (non-hydrogen) atoms. The molecule has 3 rings (SSSR count). The van der Waals surface area contributed by atoms with E-state index in [2.05, 4.69) is 20.9 Å². The van der Waals surface area contributed by atoms with Gasteiger partial charge in [-0.1, -0.05) is 12.8 Å². The second kappa shape index (κ2) is 5.90. The Hall–Kier alpha value is -1.41. The molecule has 0 bridgehead atoms. The van der Waals surface area contributed by atoms with E-state index in [-0.39, 0.29) is 18.6 Å². The maximum absolute atomic E-state index is 12.0. The van der Waals surface area contributed by atoms with Crippen molar-refractivity contribution in [1.82, 2.24) is 14.5 Å². The van der Waals surface area contributed by atoms with Crippen molar-refractivity contribution in [2.45, 2.75) is 44.2 Å². The van der Waals surface area contributed by atoms with Crippen molar-refractivity contribution in [1.29, 1.82) is 0 Å². The maximum atomic E-state index is 12.0. The average Bonchev–Trinajstić information content (AvgIpc) is 2.96. The highest BCUT2D eigenvalue weighted by Crippen LogP contribution is 2.51. The van der Waals surface area contributed by atoms with Crippen LogP contribution in [-0.4, -0.2) is 49.4 Å².